The zero-order valence-electron chi connectivity index (χ0n) is 10.3. The zero-order valence-corrected chi connectivity index (χ0v) is 15.1. The van der Waals surface area contributed by atoms with Crippen molar-refractivity contribution in [1.29, 1.82) is 0 Å². The highest BCUT2D eigenvalue weighted by atomic mass is 79.9. The highest BCUT2D eigenvalue weighted by molar-refractivity contribution is 9.11. The molecule has 0 saturated heterocycles. The lowest BCUT2D eigenvalue weighted by atomic mass is 10.1. The van der Waals surface area contributed by atoms with E-state index in [4.69, 9.17) is 0 Å². The molecule has 0 amide bonds. The maximum Gasteiger partial charge on any atom is 0.0731 e. The molecule has 0 radical (unpaired) electrons. The molecule has 0 aliphatic heterocycles. The van der Waals surface area contributed by atoms with Crippen molar-refractivity contribution in [2.75, 3.05) is 6.54 Å². The number of rotatable bonds is 5. The quantitative estimate of drug-likeness (QED) is 0.684. The molecule has 1 nitrogen and oxygen atoms in total. The van der Waals surface area contributed by atoms with Crippen molar-refractivity contribution in [3.63, 3.8) is 0 Å². The van der Waals surface area contributed by atoms with Gasteiger partial charge in [-0.25, -0.2) is 0 Å². The molecule has 0 aliphatic rings. The van der Waals surface area contributed by atoms with Gasteiger partial charge in [0.15, 0.2) is 0 Å². The van der Waals surface area contributed by atoms with E-state index in [-0.39, 0.29) is 0 Å². The number of likely N-dealkylation sites (N-methyl/N-ethyl adjacent to an activating group) is 1. The number of aryl methyl sites for hydroxylation is 1. The first kappa shape index (κ1) is 14.7. The van der Waals surface area contributed by atoms with Gasteiger partial charge in [0.1, 0.15) is 0 Å². The first-order chi connectivity index (χ1) is 8.60. The lowest BCUT2D eigenvalue weighted by Crippen LogP contribution is -2.21. The van der Waals surface area contributed by atoms with Gasteiger partial charge in [0.05, 0.1) is 3.79 Å². The summed E-state index contributed by atoms with van der Waals surface area (Å²) in [4.78, 5) is 2.82. The Labute approximate surface area is 133 Å². The van der Waals surface area contributed by atoms with Crippen molar-refractivity contribution in [1.82, 2.24) is 5.32 Å². The minimum Gasteiger partial charge on any atom is -0.309 e. The van der Waals surface area contributed by atoms with Crippen LogP contribution in [0.3, 0.4) is 0 Å². The van der Waals surface area contributed by atoms with Crippen molar-refractivity contribution in [2.45, 2.75) is 26.3 Å². The Balaban J connectivity index is 2.17. The summed E-state index contributed by atoms with van der Waals surface area (Å²) < 4.78 is 2.43. The molecule has 0 aliphatic carbocycles. The smallest absolute Gasteiger partial charge is 0.0731 e. The highest BCUT2D eigenvalue weighted by Crippen LogP contribution is 2.34. The van der Waals surface area contributed by atoms with Crippen LogP contribution < -0.4 is 5.32 Å². The SMILES string of the molecule is CCNC(Cc1cc(Br)cs1)c1cc(C)c(Br)s1. The fourth-order valence-electron chi connectivity index (χ4n) is 1.84. The summed E-state index contributed by atoms with van der Waals surface area (Å²) >= 11 is 10.8. The third-order valence-corrected chi connectivity index (χ3v) is 6.67. The summed E-state index contributed by atoms with van der Waals surface area (Å²) in [5.74, 6) is 0. The molecule has 98 valence electrons. The molecule has 18 heavy (non-hydrogen) atoms. The Morgan fingerprint density at radius 1 is 1.33 bits per heavy atom. The molecule has 2 aromatic heterocycles. The summed E-state index contributed by atoms with van der Waals surface area (Å²) in [6.45, 7) is 5.30. The molecule has 0 bridgehead atoms. The van der Waals surface area contributed by atoms with Crippen molar-refractivity contribution in [3.8, 4) is 0 Å². The minimum atomic E-state index is 0.413. The van der Waals surface area contributed by atoms with Crippen LogP contribution in [0.1, 0.15) is 28.3 Å². The summed E-state index contributed by atoms with van der Waals surface area (Å²) in [6, 6.07) is 4.91. The Morgan fingerprint density at radius 2 is 2.11 bits per heavy atom. The van der Waals surface area contributed by atoms with Crippen molar-refractivity contribution in [2.24, 2.45) is 0 Å². The van der Waals surface area contributed by atoms with E-state index in [9.17, 15) is 0 Å². The van der Waals surface area contributed by atoms with E-state index in [2.05, 4.69) is 68.5 Å². The molecule has 2 aromatic rings. The lowest BCUT2D eigenvalue weighted by Gasteiger charge is -2.15. The third kappa shape index (κ3) is 3.67. The first-order valence-corrected chi connectivity index (χ1v) is 9.10. The van der Waals surface area contributed by atoms with Crippen LogP contribution in [0.2, 0.25) is 0 Å². The number of thiophene rings is 2. The number of hydrogen-bond acceptors (Lipinski definition) is 3. The fraction of sp³-hybridized carbons (Fsp3) is 0.385. The molecule has 0 aromatic carbocycles. The predicted octanol–water partition coefficient (Wildman–Crippen LogP) is 5.54. The van der Waals surface area contributed by atoms with Crippen LogP contribution >= 0.6 is 54.5 Å². The molecular formula is C13H15Br2NS2. The molecule has 0 fully saturated rings. The monoisotopic (exact) mass is 407 g/mol. The molecule has 0 spiro atoms. The van der Waals surface area contributed by atoms with E-state index in [1.807, 2.05) is 22.7 Å². The minimum absolute atomic E-state index is 0.413. The Kier molecular flexibility index (Phi) is 5.45. The number of nitrogens with one attached hydrogen (secondary N) is 1. The predicted molar refractivity (Wildman–Crippen MR) is 88.9 cm³/mol. The third-order valence-electron chi connectivity index (χ3n) is 2.70. The van der Waals surface area contributed by atoms with Crippen LogP contribution in [0.15, 0.2) is 25.8 Å². The van der Waals surface area contributed by atoms with Gasteiger partial charge in [0.25, 0.3) is 0 Å². The second-order valence-electron chi connectivity index (χ2n) is 4.15. The maximum atomic E-state index is 3.61. The molecule has 1 unspecified atom stereocenters. The van der Waals surface area contributed by atoms with E-state index in [0.29, 0.717) is 6.04 Å². The summed E-state index contributed by atoms with van der Waals surface area (Å²) in [5.41, 5.74) is 1.32. The average Bonchev–Trinajstić information content (AvgIpc) is 2.86. The van der Waals surface area contributed by atoms with E-state index in [0.717, 1.165) is 13.0 Å². The van der Waals surface area contributed by atoms with E-state index < -0.39 is 0 Å². The standard InChI is InChI=1S/C13H15Br2NS2/c1-3-16-11(6-10-5-9(14)7-17-10)12-4-8(2)13(15)18-12/h4-5,7,11,16H,3,6H2,1-2H3. The van der Waals surface area contributed by atoms with Gasteiger partial charge in [-0.3, -0.25) is 0 Å². The van der Waals surface area contributed by atoms with Crippen LogP contribution in [-0.4, -0.2) is 6.54 Å². The molecule has 1 atom stereocenters. The summed E-state index contributed by atoms with van der Waals surface area (Å²) in [6.07, 6.45) is 1.05. The van der Waals surface area contributed by atoms with Crippen LogP contribution in [0, 0.1) is 6.92 Å². The molecule has 0 saturated carbocycles. The fourth-order valence-corrected chi connectivity index (χ4v) is 4.98. The van der Waals surface area contributed by atoms with Crippen molar-refractivity contribution >= 4 is 54.5 Å². The van der Waals surface area contributed by atoms with Gasteiger partial charge < -0.3 is 5.32 Å². The normalized spacial score (nSPS) is 12.9. The number of halogens is 2. The van der Waals surface area contributed by atoms with Crippen molar-refractivity contribution in [3.05, 3.63) is 41.1 Å². The topological polar surface area (TPSA) is 12.0 Å². The van der Waals surface area contributed by atoms with E-state index >= 15 is 0 Å². The lowest BCUT2D eigenvalue weighted by molar-refractivity contribution is 0.561. The van der Waals surface area contributed by atoms with E-state index in [1.54, 1.807) is 0 Å². The van der Waals surface area contributed by atoms with Crippen LogP contribution in [0.4, 0.5) is 0 Å². The molecule has 2 heterocycles. The van der Waals surface area contributed by atoms with Crippen LogP contribution in [0.25, 0.3) is 0 Å². The van der Waals surface area contributed by atoms with Crippen molar-refractivity contribution < 1.29 is 0 Å². The second kappa shape index (κ2) is 6.66. The Hall–Kier alpha value is 0.320. The van der Waals surface area contributed by atoms with Gasteiger partial charge >= 0.3 is 0 Å². The molecular weight excluding hydrogens is 394 g/mol. The molecule has 1 N–H and O–H groups in total. The molecule has 5 heteroatoms. The van der Waals surface area contributed by atoms with Gasteiger partial charge in [-0.05, 0) is 63.0 Å². The van der Waals surface area contributed by atoms with Crippen LogP contribution in [-0.2, 0) is 6.42 Å². The summed E-state index contributed by atoms with van der Waals surface area (Å²) in [5, 5.41) is 5.72. The Bertz CT molecular complexity index is 499. The second-order valence-corrected chi connectivity index (χ2v) is 8.46. The van der Waals surface area contributed by atoms with Gasteiger partial charge in [-0.2, -0.15) is 0 Å². The van der Waals surface area contributed by atoms with Gasteiger partial charge in [0.2, 0.25) is 0 Å². The van der Waals surface area contributed by atoms with E-state index in [1.165, 1.54) is 23.6 Å². The van der Waals surface area contributed by atoms with Gasteiger partial charge in [-0.15, -0.1) is 22.7 Å². The zero-order chi connectivity index (χ0) is 13.1. The highest BCUT2D eigenvalue weighted by Gasteiger charge is 2.15. The first-order valence-electron chi connectivity index (χ1n) is 5.82. The largest absolute Gasteiger partial charge is 0.309 e. The average molecular weight is 409 g/mol. The number of hydrogen-bond donors (Lipinski definition) is 1. The van der Waals surface area contributed by atoms with Gasteiger partial charge in [0, 0.05) is 32.1 Å². The van der Waals surface area contributed by atoms with Gasteiger partial charge in [-0.1, -0.05) is 6.92 Å². The Morgan fingerprint density at radius 3 is 2.61 bits per heavy atom. The molecule has 2 rings (SSSR count). The maximum absolute atomic E-state index is 3.61. The van der Waals surface area contributed by atoms with Crippen LogP contribution in [0.5, 0.6) is 0 Å². The summed E-state index contributed by atoms with van der Waals surface area (Å²) in [7, 11) is 0.